The van der Waals surface area contributed by atoms with Crippen molar-refractivity contribution in [2.75, 3.05) is 0 Å². The smallest absolute Gasteiger partial charge is 0.154 e. The lowest BCUT2D eigenvalue weighted by molar-refractivity contribution is 0.673. The number of rotatable bonds is 3. The number of aryl methyl sites for hydroxylation is 1. The van der Waals surface area contributed by atoms with Gasteiger partial charge in [0, 0.05) is 33.0 Å². The molecule has 5 nitrogen and oxygen atoms in total. The summed E-state index contributed by atoms with van der Waals surface area (Å²) in [5.41, 5.74) is 14.1. The van der Waals surface area contributed by atoms with Gasteiger partial charge in [-0.2, -0.15) is 0 Å². The van der Waals surface area contributed by atoms with Gasteiger partial charge >= 0.3 is 0 Å². The zero-order valence-electron chi connectivity index (χ0n) is 24.2. The van der Waals surface area contributed by atoms with Crippen molar-refractivity contribution in [1.82, 2.24) is 4.57 Å². The van der Waals surface area contributed by atoms with Crippen LogP contribution in [-0.2, 0) is 0 Å². The number of fused-ring (bicyclic) bond motifs is 7. The third-order valence-corrected chi connectivity index (χ3v) is 7.82. The Balaban J connectivity index is 0.000000159. The number of hydrogen-bond donors (Lipinski definition) is 2. The number of aromatic nitrogens is 1. The lowest BCUT2D eigenvalue weighted by Crippen LogP contribution is -2.15. The molecule has 44 heavy (non-hydrogen) atoms. The zero-order valence-corrected chi connectivity index (χ0v) is 24.2. The minimum absolute atomic E-state index is 0.173. The van der Waals surface area contributed by atoms with Gasteiger partial charge in [-0.05, 0) is 43.3 Å². The molecule has 2 aromatic heterocycles. The van der Waals surface area contributed by atoms with E-state index in [0.717, 1.165) is 22.3 Å². The molecule has 6 aromatic carbocycles. The quantitative estimate of drug-likeness (QED) is 0.164. The lowest BCUT2D eigenvalue weighted by Gasteiger charge is -2.08. The molecular formula is C39H30N4O. The van der Waals surface area contributed by atoms with Crippen LogP contribution in [0.4, 0.5) is 0 Å². The van der Waals surface area contributed by atoms with Crippen molar-refractivity contribution in [3.8, 4) is 5.69 Å². The zero-order chi connectivity index (χ0) is 30.0. The van der Waals surface area contributed by atoms with E-state index in [1.165, 1.54) is 43.8 Å². The molecule has 0 aliphatic rings. The first-order chi connectivity index (χ1) is 21.6. The van der Waals surface area contributed by atoms with E-state index in [1.807, 2.05) is 72.8 Å². The summed E-state index contributed by atoms with van der Waals surface area (Å²) in [4.78, 5) is 4.10. The average molecular weight is 571 g/mol. The highest BCUT2D eigenvalue weighted by molar-refractivity contribution is 6.23. The van der Waals surface area contributed by atoms with Crippen LogP contribution in [-0.4, -0.2) is 16.2 Å². The normalized spacial score (nSPS) is 11.6. The number of para-hydroxylation sites is 2. The molecule has 3 N–H and O–H groups in total. The van der Waals surface area contributed by atoms with Crippen LogP contribution in [0.3, 0.4) is 0 Å². The van der Waals surface area contributed by atoms with E-state index in [0.29, 0.717) is 5.84 Å². The van der Waals surface area contributed by atoms with Gasteiger partial charge in [0.1, 0.15) is 17.0 Å². The van der Waals surface area contributed by atoms with Crippen molar-refractivity contribution >= 4 is 55.4 Å². The molecule has 0 bridgehead atoms. The highest BCUT2D eigenvalue weighted by Gasteiger charge is 2.18. The highest BCUT2D eigenvalue weighted by Crippen LogP contribution is 2.40. The van der Waals surface area contributed by atoms with Crippen LogP contribution in [0.1, 0.15) is 16.7 Å². The number of amidine groups is 2. The van der Waals surface area contributed by atoms with Gasteiger partial charge in [-0.3, -0.25) is 5.41 Å². The predicted molar refractivity (Wildman–Crippen MR) is 183 cm³/mol. The predicted octanol–water partition coefficient (Wildman–Crippen LogP) is 9.41. The van der Waals surface area contributed by atoms with Crippen molar-refractivity contribution < 1.29 is 4.42 Å². The number of nitrogens with zero attached hydrogens (tertiary/aromatic N) is 2. The molecule has 0 spiro atoms. The summed E-state index contributed by atoms with van der Waals surface area (Å²) >= 11 is 0. The van der Waals surface area contributed by atoms with Gasteiger partial charge in [0.15, 0.2) is 5.84 Å². The van der Waals surface area contributed by atoms with Crippen LogP contribution >= 0.6 is 0 Å². The summed E-state index contributed by atoms with van der Waals surface area (Å²) < 4.78 is 8.66. The van der Waals surface area contributed by atoms with Crippen molar-refractivity contribution in [3.05, 3.63) is 162 Å². The largest absolute Gasteiger partial charge is 0.455 e. The molecule has 0 atom stereocenters. The van der Waals surface area contributed by atoms with Gasteiger partial charge < -0.3 is 14.7 Å². The molecule has 0 saturated carbocycles. The second-order valence-corrected chi connectivity index (χ2v) is 10.7. The summed E-state index contributed by atoms with van der Waals surface area (Å²) in [6, 6.07) is 48.7. The Labute approximate surface area is 255 Å². The highest BCUT2D eigenvalue weighted by atomic mass is 16.3. The first-order valence-electron chi connectivity index (χ1n) is 14.5. The van der Waals surface area contributed by atoms with Crippen molar-refractivity contribution in [2.24, 2.45) is 10.7 Å². The van der Waals surface area contributed by atoms with Gasteiger partial charge in [0.05, 0.1) is 16.4 Å². The lowest BCUT2D eigenvalue weighted by atomic mass is 10.1. The number of furan rings is 1. The number of benzene rings is 6. The molecule has 2 heterocycles. The summed E-state index contributed by atoms with van der Waals surface area (Å²) in [5, 5.41) is 12.6. The SMILES string of the molecule is Cc1ccc(-n2c3ccccc3c3c4oc5ccccc5c4ccc32)cc1.N=C(N=C(N)c1ccccc1)c1ccccc1. The van der Waals surface area contributed by atoms with Gasteiger partial charge in [-0.15, -0.1) is 0 Å². The van der Waals surface area contributed by atoms with Crippen LogP contribution in [0.2, 0.25) is 0 Å². The third kappa shape index (κ3) is 4.91. The molecular weight excluding hydrogens is 540 g/mol. The molecule has 0 aliphatic carbocycles. The van der Waals surface area contributed by atoms with E-state index in [9.17, 15) is 0 Å². The van der Waals surface area contributed by atoms with Gasteiger partial charge in [-0.25, -0.2) is 4.99 Å². The maximum atomic E-state index is 7.84. The molecule has 0 radical (unpaired) electrons. The molecule has 212 valence electrons. The van der Waals surface area contributed by atoms with Gasteiger partial charge in [0.2, 0.25) is 0 Å². The molecule has 0 amide bonds. The molecule has 0 fully saturated rings. The van der Waals surface area contributed by atoms with E-state index in [2.05, 4.69) is 89.3 Å². The third-order valence-electron chi connectivity index (χ3n) is 7.82. The standard InChI is InChI=1S/C25H17NO.C14H13N3/c1-16-10-12-17(13-11-16)26-21-8-4-2-7-20(21)24-22(26)15-14-19-18-6-3-5-9-23(18)27-25(19)24;15-13(11-7-3-1-4-8-11)17-14(16)12-9-5-2-6-10-12/h2-15H,1H3;1-10H,(H3,15,16,17). The van der Waals surface area contributed by atoms with E-state index >= 15 is 0 Å². The number of aliphatic imine (C=N–C) groups is 1. The monoisotopic (exact) mass is 570 g/mol. The Bertz CT molecular complexity index is 2290. The number of hydrogen-bond acceptors (Lipinski definition) is 2. The Morgan fingerprint density at radius 3 is 1.95 bits per heavy atom. The summed E-state index contributed by atoms with van der Waals surface area (Å²) in [7, 11) is 0. The maximum Gasteiger partial charge on any atom is 0.154 e. The van der Waals surface area contributed by atoms with Crippen molar-refractivity contribution in [2.45, 2.75) is 6.92 Å². The molecule has 0 aliphatic heterocycles. The molecule has 8 aromatic rings. The Kier molecular flexibility index (Phi) is 6.97. The first-order valence-corrected chi connectivity index (χ1v) is 14.5. The van der Waals surface area contributed by atoms with Crippen LogP contribution in [0, 0.1) is 12.3 Å². The van der Waals surface area contributed by atoms with E-state index in [-0.39, 0.29) is 5.84 Å². The Morgan fingerprint density at radius 2 is 1.23 bits per heavy atom. The first kappa shape index (κ1) is 26.9. The molecule has 8 rings (SSSR count). The van der Waals surface area contributed by atoms with Gasteiger partial charge in [0.25, 0.3) is 0 Å². The fourth-order valence-corrected chi connectivity index (χ4v) is 5.66. The van der Waals surface area contributed by atoms with E-state index in [4.69, 9.17) is 15.6 Å². The average Bonchev–Trinajstić information content (AvgIpc) is 3.62. The van der Waals surface area contributed by atoms with Crippen LogP contribution in [0.15, 0.2) is 155 Å². The van der Waals surface area contributed by atoms with E-state index in [1.54, 1.807) is 0 Å². The second kappa shape index (κ2) is 11.4. The molecule has 5 heteroatoms. The van der Waals surface area contributed by atoms with Crippen LogP contribution < -0.4 is 5.73 Å². The Hall–Kier alpha value is -5.94. The summed E-state index contributed by atoms with van der Waals surface area (Å²) in [6.07, 6.45) is 0. The summed E-state index contributed by atoms with van der Waals surface area (Å²) in [6.45, 7) is 2.12. The topological polar surface area (TPSA) is 80.3 Å². The Morgan fingerprint density at radius 1 is 0.614 bits per heavy atom. The fraction of sp³-hybridized carbons (Fsp3) is 0.0256. The fourth-order valence-electron chi connectivity index (χ4n) is 5.66. The van der Waals surface area contributed by atoms with Crippen molar-refractivity contribution in [3.63, 3.8) is 0 Å². The number of nitrogens with one attached hydrogen (secondary N) is 1. The van der Waals surface area contributed by atoms with Gasteiger partial charge in [-0.1, -0.05) is 115 Å². The number of nitrogens with two attached hydrogens (primary N) is 1. The minimum Gasteiger partial charge on any atom is -0.455 e. The second-order valence-electron chi connectivity index (χ2n) is 10.7. The molecule has 0 unspecified atom stereocenters. The minimum atomic E-state index is 0.173. The van der Waals surface area contributed by atoms with Crippen molar-refractivity contribution in [1.29, 1.82) is 5.41 Å². The van der Waals surface area contributed by atoms with E-state index < -0.39 is 0 Å². The van der Waals surface area contributed by atoms with Crippen LogP contribution in [0.25, 0.3) is 49.4 Å². The summed E-state index contributed by atoms with van der Waals surface area (Å²) in [5.74, 6) is 0.534. The maximum absolute atomic E-state index is 7.84. The van der Waals surface area contributed by atoms with Crippen LogP contribution in [0.5, 0.6) is 0 Å². The molecule has 0 saturated heterocycles.